The molecule has 2 fully saturated rings. The van der Waals surface area contributed by atoms with Gasteiger partial charge in [-0.3, -0.25) is 0 Å². The number of phenols is 1. The van der Waals surface area contributed by atoms with Gasteiger partial charge in [0.15, 0.2) is 5.58 Å². The Morgan fingerprint density at radius 1 is 0.386 bits per heavy atom. The number of rotatable bonds is 15. The van der Waals surface area contributed by atoms with Crippen LogP contribution < -0.4 is 9.80 Å². The Hall–Kier alpha value is -9.12. The second-order valence-electron chi connectivity index (χ2n) is 25.9. The summed E-state index contributed by atoms with van der Waals surface area (Å²) in [6.07, 6.45) is 11.4. The predicted octanol–water partition coefficient (Wildman–Crippen LogP) is 24.8. The van der Waals surface area contributed by atoms with Gasteiger partial charge in [0.25, 0.3) is 0 Å². The van der Waals surface area contributed by atoms with Crippen LogP contribution in [0.5, 0.6) is 5.75 Å². The minimum atomic E-state index is 0.260. The first kappa shape index (κ1) is 55.5. The first-order chi connectivity index (χ1) is 43.1. The largest absolute Gasteiger partial charge is 0.505 e. The van der Waals surface area contributed by atoms with Gasteiger partial charge in [-0.05, 0) is 194 Å². The molecule has 0 unspecified atom stereocenters. The van der Waals surface area contributed by atoms with Crippen molar-refractivity contribution in [1.82, 2.24) is 0 Å². The average molecular weight is 1150 g/mol. The molecule has 4 nitrogen and oxygen atoms in total. The molecule has 436 valence electrons. The zero-order chi connectivity index (χ0) is 59.7. The lowest BCUT2D eigenvalue weighted by Crippen LogP contribution is -2.14. The molecular formula is C84H78N2O2. The maximum atomic E-state index is 13.2. The smallest absolute Gasteiger partial charge is 0.159 e. The second-order valence-corrected chi connectivity index (χ2v) is 25.9. The number of para-hydroxylation sites is 3. The van der Waals surface area contributed by atoms with Gasteiger partial charge >= 0.3 is 0 Å². The number of aromatic hydroxyl groups is 1. The van der Waals surface area contributed by atoms with Gasteiger partial charge in [-0.25, -0.2) is 0 Å². The molecule has 12 aromatic carbocycles. The van der Waals surface area contributed by atoms with Gasteiger partial charge in [-0.2, -0.15) is 0 Å². The van der Waals surface area contributed by atoms with Crippen molar-refractivity contribution in [3.05, 3.63) is 246 Å². The van der Waals surface area contributed by atoms with E-state index in [0.29, 0.717) is 23.7 Å². The van der Waals surface area contributed by atoms with Gasteiger partial charge < -0.3 is 19.3 Å². The number of benzene rings is 12. The van der Waals surface area contributed by atoms with Gasteiger partial charge in [0.1, 0.15) is 11.3 Å². The molecule has 0 amide bonds. The monoisotopic (exact) mass is 1150 g/mol. The van der Waals surface area contributed by atoms with E-state index in [1.807, 2.05) is 0 Å². The molecule has 0 atom stereocenters. The molecule has 0 spiro atoms. The summed E-state index contributed by atoms with van der Waals surface area (Å²) in [5.74, 6) is 1.82. The highest BCUT2D eigenvalue weighted by Crippen LogP contribution is 2.56. The fourth-order valence-electron chi connectivity index (χ4n) is 15.6. The van der Waals surface area contributed by atoms with E-state index in [-0.39, 0.29) is 5.75 Å². The van der Waals surface area contributed by atoms with E-state index in [9.17, 15) is 5.11 Å². The fraction of sp³-hybridized carbons (Fsp3) is 0.238. The third-order valence-electron chi connectivity index (χ3n) is 20.2. The zero-order valence-electron chi connectivity index (χ0n) is 51.8. The normalized spacial score (nSPS) is 14.1. The molecule has 13 aromatic rings. The minimum absolute atomic E-state index is 0.260. The van der Waals surface area contributed by atoms with Crippen LogP contribution in [0.1, 0.15) is 150 Å². The van der Waals surface area contributed by atoms with Crippen LogP contribution in [0.15, 0.2) is 217 Å². The summed E-state index contributed by atoms with van der Waals surface area (Å²) < 4.78 is 7.44. The maximum Gasteiger partial charge on any atom is 0.159 e. The van der Waals surface area contributed by atoms with E-state index in [0.717, 1.165) is 117 Å². The minimum Gasteiger partial charge on any atom is -0.505 e. The Balaban J connectivity index is 1.01. The number of anilines is 6. The Labute approximate surface area is 519 Å². The lowest BCUT2D eigenvalue weighted by atomic mass is 9.82. The molecule has 2 aliphatic carbocycles. The fourth-order valence-corrected chi connectivity index (χ4v) is 15.6. The topological polar surface area (TPSA) is 39.9 Å². The second kappa shape index (κ2) is 22.9. The molecule has 1 aromatic heterocycles. The number of phenolic OH excluding ortho intramolecular Hbond substituents is 1. The third kappa shape index (κ3) is 9.41. The van der Waals surface area contributed by atoms with E-state index in [1.165, 1.54) is 103 Å². The molecule has 15 rings (SSSR count). The Morgan fingerprint density at radius 2 is 0.818 bits per heavy atom. The third-order valence-corrected chi connectivity index (χ3v) is 20.2. The van der Waals surface area contributed by atoms with Crippen LogP contribution in [0, 0.1) is 0 Å². The Morgan fingerprint density at radius 3 is 1.38 bits per heavy atom. The number of aryl methyl sites for hydroxylation is 2. The zero-order valence-corrected chi connectivity index (χ0v) is 51.8. The summed E-state index contributed by atoms with van der Waals surface area (Å²) in [5.41, 5.74) is 22.5. The van der Waals surface area contributed by atoms with Crippen molar-refractivity contribution >= 4 is 88.4 Å². The van der Waals surface area contributed by atoms with E-state index >= 15 is 0 Å². The molecule has 4 heteroatoms. The lowest BCUT2D eigenvalue weighted by molar-refractivity contribution is 0.478. The standard InChI is InChI=1S/C84H78N2O2/c1-7-54-21-13-15-29-64(54)60-27-17-28-61(49-60)66-31-19-35-76(82(66)87)85(62-41-37-56(38-42-62)52(3)4)78-50-74(58-23-9-10-24-58)67-46-48-73-79(51-75(59-25-11-12-26-59)68-45-47-72(78)80(67)81(68)73)86(63-43-39-57(40-44-63)53(5)6)77-36-20-34-71-70-33-18-32-69(83(70)88-84(71)77)65-30-16-14-22-55(65)8-2/h13-22,27-53,58-59,87H,7-12,23-26H2,1-6H3. The summed E-state index contributed by atoms with van der Waals surface area (Å²) >= 11 is 0. The molecule has 1 heterocycles. The van der Waals surface area contributed by atoms with E-state index < -0.39 is 0 Å². The van der Waals surface area contributed by atoms with E-state index in [4.69, 9.17) is 4.42 Å². The average Bonchev–Trinajstić information content (AvgIpc) is 2.20. The number of nitrogens with zero attached hydrogens (tertiary/aromatic N) is 2. The van der Waals surface area contributed by atoms with Crippen molar-refractivity contribution < 1.29 is 9.52 Å². The Kier molecular flexibility index (Phi) is 14.4. The van der Waals surface area contributed by atoms with Crippen LogP contribution in [-0.2, 0) is 12.8 Å². The van der Waals surface area contributed by atoms with Crippen LogP contribution >= 0.6 is 0 Å². The summed E-state index contributed by atoms with van der Waals surface area (Å²) in [6.45, 7) is 13.6. The lowest BCUT2D eigenvalue weighted by Gasteiger charge is -2.32. The van der Waals surface area contributed by atoms with Gasteiger partial charge in [0, 0.05) is 44.0 Å². The van der Waals surface area contributed by atoms with Gasteiger partial charge in [-0.1, -0.05) is 225 Å². The summed E-state index contributed by atoms with van der Waals surface area (Å²) in [4.78, 5) is 4.93. The van der Waals surface area contributed by atoms with Crippen molar-refractivity contribution in [2.45, 2.75) is 129 Å². The van der Waals surface area contributed by atoms with Gasteiger partial charge in [-0.15, -0.1) is 0 Å². The van der Waals surface area contributed by atoms with Crippen molar-refractivity contribution in [1.29, 1.82) is 0 Å². The van der Waals surface area contributed by atoms with E-state index in [2.05, 4.69) is 264 Å². The van der Waals surface area contributed by atoms with Crippen LogP contribution in [0.3, 0.4) is 0 Å². The quantitative estimate of drug-likeness (QED) is 0.104. The first-order valence-electron chi connectivity index (χ1n) is 32.8. The Bertz CT molecular complexity index is 4740. The van der Waals surface area contributed by atoms with Crippen LogP contribution in [0.25, 0.3) is 87.6 Å². The van der Waals surface area contributed by atoms with Crippen molar-refractivity contribution in [2.24, 2.45) is 0 Å². The van der Waals surface area contributed by atoms with Crippen LogP contribution in [0.2, 0.25) is 0 Å². The SMILES string of the molecule is CCc1ccccc1-c1cccc(-c2cccc(N(c3ccc(C(C)C)cc3)c3cc(C4CCCC4)c4ccc5c(N(c6ccc(C(C)C)cc6)c6cccc7c6oc6c(-c8ccccc8CC)cccc67)cc(C6CCCC6)c6ccc3c4c65)c2O)c1. The summed E-state index contributed by atoms with van der Waals surface area (Å²) in [6, 6.07) is 79.4. The highest BCUT2D eigenvalue weighted by molar-refractivity contribution is 6.30. The van der Waals surface area contributed by atoms with Crippen LogP contribution in [0.4, 0.5) is 34.1 Å². The van der Waals surface area contributed by atoms with E-state index in [1.54, 1.807) is 0 Å². The highest BCUT2D eigenvalue weighted by Gasteiger charge is 2.32. The number of hydrogen-bond donors (Lipinski definition) is 1. The molecule has 0 aliphatic heterocycles. The van der Waals surface area contributed by atoms with Crippen molar-refractivity contribution in [2.75, 3.05) is 9.80 Å². The van der Waals surface area contributed by atoms with Crippen molar-refractivity contribution in [3.63, 3.8) is 0 Å². The van der Waals surface area contributed by atoms with Crippen molar-refractivity contribution in [3.8, 4) is 39.1 Å². The van der Waals surface area contributed by atoms with Gasteiger partial charge in [0.05, 0.1) is 22.7 Å². The van der Waals surface area contributed by atoms with Crippen LogP contribution in [-0.4, -0.2) is 5.11 Å². The number of furan rings is 1. The maximum absolute atomic E-state index is 13.2. The molecule has 0 saturated heterocycles. The molecule has 2 aliphatic rings. The molecule has 0 radical (unpaired) electrons. The molecule has 1 N–H and O–H groups in total. The highest BCUT2D eigenvalue weighted by atomic mass is 16.3. The molecule has 88 heavy (non-hydrogen) atoms. The molecular weight excluding hydrogens is 1070 g/mol. The first-order valence-corrected chi connectivity index (χ1v) is 32.8. The molecule has 2 saturated carbocycles. The number of fused-ring (bicyclic) bond motifs is 3. The predicted molar refractivity (Wildman–Crippen MR) is 374 cm³/mol. The number of hydrogen-bond acceptors (Lipinski definition) is 4. The summed E-state index contributed by atoms with van der Waals surface area (Å²) in [7, 11) is 0. The summed E-state index contributed by atoms with van der Waals surface area (Å²) in [5, 5.41) is 23.2. The van der Waals surface area contributed by atoms with Gasteiger partial charge in [0.2, 0.25) is 0 Å². The molecule has 0 bridgehead atoms.